The highest BCUT2D eigenvalue weighted by atomic mass is 32.2. The van der Waals surface area contributed by atoms with Crippen molar-refractivity contribution in [1.29, 1.82) is 0 Å². The fourth-order valence-electron chi connectivity index (χ4n) is 4.13. The highest BCUT2D eigenvalue weighted by Crippen LogP contribution is 2.40. The molecule has 35 heavy (non-hydrogen) atoms. The maximum absolute atomic E-state index is 14.1. The zero-order chi connectivity index (χ0) is 25.4. The molecule has 8 nitrogen and oxygen atoms in total. The van der Waals surface area contributed by atoms with Gasteiger partial charge in [0.25, 0.3) is 10.0 Å². The molecule has 182 valence electrons. The van der Waals surface area contributed by atoms with Gasteiger partial charge in [-0.25, -0.2) is 12.8 Å². The molecule has 0 saturated heterocycles. The monoisotopic (exact) mass is 496 g/mol. The SMILES string of the molecule is C[C@H](NC1=NS(=O)(=O)C(c2ccc(-c3cccc(C(N)=O)c3)nc2)C(C)(C)O1)c1ccccc1F. The zero-order valence-electron chi connectivity index (χ0n) is 19.4. The Kier molecular flexibility index (Phi) is 6.33. The number of hydrogen-bond acceptors (Lipinski definition) is 6. The molecule has 1 amide bonds. The van der Waals surface area contributed by atoms with Crippen molar-refractivity contribution in [3.63, 3.8) is 0 Å². The standard InChI is InChI=1S/C25H25FN4O4S/c1-15(19-9-4-5-10-20(19)26)29-24-30-35(32,33)22(25(2,3)34-24)18-11-12-21(28-14-18)16-7-6-8-17(13-16)23(27)31/h4-15,22H,1-3H3,(H2,27,31)(H,29,30)/t15-,22?/m0/s1. The molecule has 1 unspecified atom stereocenters. The van der Waals surface area contributed by atoms with Gasteiger partial charge in [0.15, 0.2) is 0 Å². The van der Waals surface area contributed by atoms with E-state index < -0.39 is 38.6 Å². The molecule has 0 radical (unpaired) electrons. The summed E-state index contributed by atoms with van der Waals surface area (Å²) in [5, 5.41) is 1.74. The summed E-state index contributed by atoms with van der Waals surface area (Å²) in [7, 11) is -4.06. The Hall–Kier alpha value is -3.79. The summed E-state index contributed by atoms with van der Waals surface area (Å²) < 4.78 is 50.3. The van der Waals surface area contributed by atoms with Crippen LogP contribution in [0.5, 0.6) is 0 Å². The van der Waals surface area contributed by atoms with Crippen molar-refractivity contribution in [1.82, 2.24) is 10.3 Å². The number of amidine groups is 1. The fourth-order valence-corrected chi connectivity index (χ4v) is 5.80. The lowest BCUT2D eigenvalue weighted by atomic mass is 9.98. The number of primary amides is 1. The molecule has 10 heteroatoms. The maximum atomic E-state index is 14.1. The van der Waals surface area contributed by atoms with Crippen LogP contribution in [-0.4, -0.2) is 30.9 Å². The third-order valence-corrected chi connectivity index (χ3v) is 7.60. The molecule has 1 aliphatic heterocycles. The first-order valence-electron chi connectivity index (χ1n) is 10.9. The first-order chi connectivity index (χ1) is 16.5. The van der Waals surface area contributed by atoms with E-state index in [2.05, 4.69) is 14.7 Å². The Bertz CT molecular complexity index is 1400. The summed E-state index contributed by atoms with van der Waals surface area (Å²) >= 11 is 0. The number of sulfonamides is 1. The quantitative estimate of drug-likeness (QED) is 0.553. The van der Waals surface area contributed by atoms with E-state index in [-0.39, 0.29) is 6.02 Å². The maximum Gasteiger partial charge on any atom is 0.301 e. The smallest absolute Gasteiger partial charge is 0.301 e. The van der Waals surface area contributed by atoms with E-state index in [0.717, 1.165) is 0 Å². The normalized spacial score (nSPS) is 19.2. The molecule has 0 saturated carbocycles. The lowest BCUT2D eigenvalue weighted by molar-refractivity contribution is 0.0767. The number of ether oxygens (including phenoxy) is 1. The first kappa shape index (κ1) is 24.3. The minimum absolute atomic E-state index is 0.199. The second-order valence-electron chi connectivity index (χ2n) is 8.81. The highest BCUT2D eigenvalue weighted by molar-refractivity contribution is 7.90. The lowest BCUT2D eigenvalue weighted by Gasteiger charge is -2.37. The van der Waals surface area contributed by atoms with Crippen LogP contribution in [0.1, 0.15) is 53.5 Å². The summed E-state index contributed by atoms with van der Waals surface area (Å²) in [5.74, 6) is -0.973. The van der Waals surface area contributed by atoms with Gasteiger partial charge >= 0.3 is 6.02 Å². The number of rotatable bonds is 5. The van der Waals surface area contributed by atoms with E-state index in [9.17, 15) is 17.6 Å². The number of carbonyl (C=O) groups is 1. The van der Waals surface area contributed by atoms with Gasteiger partial charge in [0.2, 0.25) is 5.91 Å². The van der Waals surface area contributed by atoms with E-state index in [1.807, 2.05) is 0 Å². The first-order valence-corrected chi connectivity index (χ1v) is 12.4. The molecule has 2 aromatic carbocycles. The van der Waals surface area contributed by atoms with Crippen molar-refractivity contribution >= 4 is 22.0 Å². The van der Waals surface area contributed by atoms with Crippen LogP contribution in [0.15, 0.2) is 71.3 Å². The highest BCUT2D eigenvalue weighted by Gasteiger charge is 2.47. The van der Waals surface area contributed by atoms with Crippen molar-refractivity contribution in [3.05, 3.63) is 89.4 Å². The van der Waals surface area contributed by atoms with Crippen molar-refractivity contribution < 1.29 is 22.3 Å². The van der Waals surface area contributed by atoms with E-state index in [1.54, 1.807) is 75.4 Å². The number of carbonyl (C=O) groups excluding carboxylic acids is 1. The molecule has 3 aromatic rings. The molecular weight excluding hydrogens is 471 g/mol. The van der Waals surface area contributed by atoms with E-state index in [1.165, 1.54) is 12.3 Å². The Morgan fingerprint density at radius 1 is 1.14 bits per heavy atom. The van der Waals surface area contributed by atoms with Crippen LogP contribution in [0.3, 0.4) is 0 Å². The summed E-state index contributed by atoms with van der Waals surface area (Å²) in [5.41, 5.74) is 6.46. The van der Waals surface area contributed by atoms with E-state index in [0.29, 0.717) is 27.9 Å². The third-order valence-electron chi connectivity index (χ3n) is 5.74. The Morgan fingerprint density at radius 2 is 1.89 bits per heavy atom. The number of pyridine rings is 1. The van der Waals surface area contributed by atoms with Crippen LogP contribution in [-0.2, 0) is 14.8 Å². The number of aromatic nitrogens is 1. The number of amides is 1. The van der Waals surface area contributed by atoms with Crippen LogP contribution in [0.2, 0.25) is 0 Å². The number of nitrogens with two attached hydrogens (primary N) is 1. The molecule has 0 aliphatic carbocycles. The second kappa shape index (κ2) is 9.10. The molecule has 0 bridgehead atoms. The molecule has 1 aromatic heterocycles. The molecule has 1 aliphatic rings. The van der Waals surface area contributed by atoms with Gasteiger partial charge in [-0.1, -0.05) is 36.4 Å². The average Bonchev–Trinajstić information content (AvgIpc) is 2.78. The Labute approximate surface area is 203 Å². The van der Waals surface area contributed by atoms with E-state index in [4.69, 9.17) is 10.5 Å². The fraction of sp³-hybridized carbons (Fsp3) is 0.240. The van der Waals surface area contributed by atoms with Crippen molar-refractivity contribution in [3.8, 4) is 11.3 Å². The van der Waals surface area contributed by atoms with E-state index >= 15 is 0 Å². The number of nitrogens with one attached hydrogen (secondary N) is 1. The van der Waals surface area contributed by atoms with Gasteiger partial charge in [-0.2, -0.15) is 0 Å². The minimum atomic E-state index is -4.06. The van der Waals surface area contributed by atoms with Gasteiger partial charge in [-0.3, -0.25) is 9.78 Å². The molecule has 3 N–H and O–H groups in total. The molecule has 0 spiro atoms. The van der Waals surface area contributed by atoms with Crippen LogP contribution in [0.25, 0.3) is 11.3 Å². The molecule has 4 rings (SSSR count). The molecule has 2 atom stereocenters. The van der Waals surface area contributed by atoms with Crippen molar-refractivity contribution in [2.24, 2.45) is 10.1 Å². The summed E-state index contributed by atoms with van der Waals surface area (Å²) in [6, 6.07) is 15.4. The van der Waals surface area contributed by atoms with Gasteiger partial charge in [0, 0.05) is 22.9 Å². The number of nitrogens with zero attached hydrogens (tertiary/aromatic N) is 2. The van der Waals surface area contributed by atoms with Crippen LogP contribution in [0, 0.1) is 5.82 Å². The van der Waals surface area contributed by atoms with Crippen LogP contribution in [0.4, 0.5) is 4.39 Å². The van der Waals surface area contributed by atoms with Crippen molar-refractivity contribution in [2.75, 3.05) is 0 Å². The van der Waals surface area contributed by atoms with Gasteiger partial charge in [-0.05, 0) is 50.6 Å². The topological polar surface area (TPSA) is 124 Å². The largest absolute Gasteiger partial charge is 0.457 e. The second-order valence-corrected chi connectivity index (χ2v) is 10.5. The molecular formula is C25H25FN4O4S. The van der Waals surface area contributed by atoms with Crippen molar-refractivity contribution in [2.45, 2.75) is 37.7 Å². The predicted octanol–water partition coefficient (Wildman–Crippen LogP) is 3.87. The average molecular weight is 497 g/mol. The number of benzene rings is 2. The summed E-state index contributed by atoms with van der Waals surface area (Å²) in [6.07, 6.45) is 1.45. The van der Waals surface area contributed by atoms with Gasteiger partial charge in [0.05, 0.1) is 11.7 Å². The summed E-state index contributed by atoms with van der Waals surface area (Å²) in [6.45, 7) is 4.97. The summed E-state index contributed by atoms with van der Waals surface area (Å²) in [4.78, 5) is 15.9. The minimum Gasteiger partial charge on any atom is -0.457 e. The van der Waals surface area contributed by atoms with Gasteiger partial charge in [-0.15, -0.1) is 4.40 Å². The molecule has 0 fully saturated rings. The Balaban J connectivity index is 1.61. The third kappa shape index (κ3) is 5.02. The van der Waals surface area contributed by atoms with Crippen LogP contribution >= 0.6 is 0 Å². The van der Waals surface area contributed by atoms with Gasteiger partial charge in [0.1, 0.15) is 16.7 Å². The number of halogens is 1. The lowest BCUT2D eigenvalue weighted by Crippen LogP contribution is -2.47. The zero-order valence-corrected chi connectivity index (χ0v) is 20.2. The predicted molar refractivity (Wildman–Crippen MR) is 130 cm³/mol. The van der Waals surface area contributed by atoms with Gasteiger partial charge < -0.3 is 15.8 Å². The Morgan fingerprint density at radius 3 is 2.51 bits per heavy atom. The van der Waals surface area contributed by atoms with Crippen LogP contribution < -0.4 is 11.1 Å². The number of hydrogen-bond donors (Lipinski definition) is 2. The molecule has 2 heterocycles.